The highest BCUT2D eigenvalue weighted by atomic mass is 16.5. The molecule has 2 aromatic rings. The molecule has 3 nitrogen and oxygen atoms in total. The van der Waals surface area contributed by atoms with E-state index in [0.29, 0.717) is 6.61 Å². The Balaban J connectivity index is 1.79. The van der Waals surface area contributed by atoms with Crippen LogP contribution in [0.15, 0.2) is 36.4 Å². The molecule has 3 heteroatoms. The van der Waals surface area contributed by atoms with Crippen molar-refractivity contribution in [1.29, 1.82) is 0 Å². The molecule has 0 atom stereocenters. The Morgan fingerprint density at radius 1 is 1.04 bits per heavy atom. The van der Waals surface area contributed by atoms with Crippen molar-refractivity contribution in [3.05, 3.63) is 53.1 Å². The van der Waals surface area contributed by atoms with Crippen molar-refractivity contribution in [3.63, 3.8) is 0 Å². The number of aryl methyl sites for hydroxylation is 3. The fourth-order valence-corrected chi connectivity index (χ4v) is 2.47. The molecule has 0 aromatic heterocycles. The van der Waals surface area contributed by atoms with E-state index in [-0.39, 0.29) is 0 Å². The van der Waals surface area contributed by atoms with Crippen LogP contribution in [0.25, 0.3) is 0 Å². The Labute approximate surface area is 139 Å². The number of hydrogen-bond acceptors (Lipinski definition) is 3. The van der Waals surface area contributed by atoms with Gasteiger partial charge in [-0.1, -0.05) is 19.1 Å². The minimum Gasteiger partial charge on any atom is -0.491 e. The smallest absolute Gasteiger partial charge is 0.142 e. The Morgan fingerprint density at radius 3 is 2.57 bits per heavy atom. The van der Waals surface area contributed by atoms with Crippen LogP contribution in [0.3, 0.4) is 0 Å². The van der Waals surface area contributed by atoms with Gasteiger partial charge in [0.05, 0.1) is 12.3 Å². The summed E-state index contributed by atoms with van der Waals surface area (Å²) in [6.45, 7) is 8.04. The summed E-state index contributed by atoms with van der Waals surface area (Å²) in [4.78, 5) is 0. The van der Waals surface area contributed by atoms with Crippen LogP contribution in [0.2, 0.25) is 0 Å². The number of ether oxygens (including phenoxy) is 1. The second kappa shape index (κ2) is 8.47. The molecule has 124 valence electrons. The average Bonchev–Trinajstić information content (AvgIpc) is 2.54. The minimum atomic E-state index is 0.712. The first-order valence-electron chi connectivity index (χ1n) is 8.42. The van der Waals surface area contributed by atoms with Crippen molar-refractivity contribution in [3.8, 4) is 5.75 Å². The number of anilines is 2. The molecule has 0 fully saturated rings. The van der Waals surface area contributed by atoms with Gasteiger partial charge < -0.3 is 15.8 Å². The normalized spacial score (nSPS) is 10.6. The van der Waals surface area contributed by atoms with E-state index in [1.165, 1.54) is 22.4 Å². The third-order valence-corrected chi connectivity index (χ3v) is 4.01. The van der Waals surface area contributed by atoms with Gasteiger partial charge in [-0.05, 0) is 74.1 Å². The largest absolute Gasteiger partial charge is 0.491 e. The molecule has 2 aromatic carbocycles. The van der Waals surface area contributed by atoms with Crippen LogP contribution in [0.1, 0.15) is 36.5 Å². The Kier molecular flexibility index (Phi) is 6.33. The van der Waals surface area contributed by atoms with E-state index in [1.807, 2.05) is 12.1 Å². The first-order chi connectivity index (χ1) is 11.1. The van der Waals surface area contributed by atoms with Crippen LogP contribution in [-0.4, -0.2) is 13.2 Å². The lowest BCUT2D eigenvalue weighted by Gasteiger charge is -2.11. The second-order valence-corrected chi connectivity index (χ2v) is 6.05. The molecule has 3 N–H and O–H groups in total. The van der Waals surface area contributed by atoms with Gasteiger partial charge in [0.15, 0.2) is 0 Å². The molecule has 0 unspecified atom stereocenters. The molecule has 0 aliphatic heterocycles. The lowest BCUT2D eigenvalue weighted by atomic mass is 10.1. The number of rotatable bonds is 8. The summed E-state index contributed by atoms with van der Waals surface area (Å²) in [5.74, 6) is 0.795. The fourth-order valence-electron chi connectivity index (χ4n) is 2.47. The molecule has 0 heterocycles. The zero-order chi connectivity index (χ0) is 16.7. The number of hydrogen-bond donors (Lipinski definition) is 2. The van der Waals surface area contributed by atoms with E-state index in [0.717, 1.165) is 37.2 Å². The lowest BCUT2D eigenvalue weighted by Crippen LogP contribution is -2.04. The Bertz CT molecular complexity index is 638. The molecule has 0 saturated carbocycles. The molecule has 2 rings (SSSR count). The molecule has 0 spiro atoms. The van der Waals surface area contributed by atoms with Gasteiger partial charge in [-0.15, -0.1) is 0 Å². The van der Waals surface area contributed by atoms with Crippen LogP contribution in [0.4, 0.5) is 11.4 Å². The molecule has 0 radical (unpaired) electrons. The highest BCUT2D eigenvalue weighted by Crippen LogP contribution is 2.23. The quantitative estimate of drug-likeness (QED) is 0.548. The number of nitrogen functional groups attached to an aromatic ring is 1. The SMILES string of the molecule is CCCOc1ccc(CCCNc2ccc(C)c(C)c2)cc1N. The molecular formula is C20H28N2O. The second-order valence-electron chi connectivity index (χ2n) is 6.05. The van der Waals surface area contributed by atoms with Crippen LogP contribution in [0.5, 0.6) is 5.75 Å². The van der Waals surface area contributed by atoms with Crippen LogP contribution < -0.4 is 15.8 Å². The highest BCUT2D eigenvalue weighted by Gasteiger charge is 2.02. The van der Waals surface area contributed by atoms with Crippen molar-refractivity contribution < 1.29 is 4.74 Å². The summed E-state index contributed by atoms with van der Waals surface area (Å²) in [6, 6.07) is 12.6. The summed E-state index contributed by atoms with van der Waals surface area (Å²) < 4.78 is 5.61. The number of nitrogens with two attached hydrogens (primary N) is 1. The highest BCUT2D eigenvalue weighted by molar-refractivity contribution is 5.54. The molecule has 0 bridgehead atoms. The fraction of sp³-hybridized carbons (Fsp3) is 0.400. The summed E-state index contributed by atoms with van der Waals surface area (Å²) >= 11 is 0. The zero-order valence-corrected chi connectivity index (χ0v) is 14.5. The van der Waals surface area contributed by atoms with Crippen molar-refractivity contribution in [2.75, 3.05) is 24.2 Å². The molecule has 23 heavy (non-hydrogen) atoms. The monoisotopic (exact) mass is 312 g/mol. The third-order valence-electron chi connectivity index (χ3n) is 4.01. The van der Waals surface area contributed by atoms with Gasteiger partial charge in [0.1, 0.15) is 5.75 Å². The molecular weight excluding hydrogens is 284 g/mol. The van der Waals surface area contributed by atoms with Crippen molar-refractivity contribution in [2.24, 2.45) is 0 Å². The summed E-state index contributed by atoms with van der Waals surface area (Å²) in [7, 11) is 0. The van der Waals surface area contributed by atoms with Crippen LogP contribution >= 0.6 is 0 Å². The van der Waals surface area contributed by atoms with Gasteiger partial charge in [-0.3, -0.25) is 0 Å². The predicted molar refractivity (Wildman–Crippen MR) is 99.4 cm³/mol. The van der Waals surface area contributed by atoms with Crippen molar-refractivity contribution >= 4 is 11.4 Å². The van der Waals surface area contributed by atoms with Gasteiger partial charge in [0, 0.05) is 12.2 Å². The molecule has 0 aliphatic rings. The maximum absolute atomic E-state index is 6.05. The van der Waals surface area contributed by atoms with Crippen molar-refractivity contribution in [1.82, 2.24) is 0 Å². The van der Waals surface area contributed by atoms with E-state index < -0.39 is 0 Å². The first-order valence-corrected chi connectivity index (χ1v) is 8.42. The van der Waals surface area contributed by atoms with E-state index in [4.69, 9.17) is 10.5 Å². The van der Waals surface area contributed by atoms with Crippen LogP contribution in [-0.2, 0) is 6.42 Å². The maximum Gasteiger partial charge on any atom is 0.142 e. The lowest BCUT2D eigenvalue weighted by molar-refractivity contribution is 0.319. The zero-order valence-electron chi connectivity index (χ0n) is 14.5. The maximum atomic E-state index is 6.05. The van der Waals surface area contributed by atoms with Gasteiger partial charge in [-0.25, -0.2) is 0 Å². The Morgan fingerprint density at radius 2 is 1.87 bits per heavy atom. The van der Waals surface area contributed by atoms with E-state index >= 15 is 0 Å². The van der Waals surface area contributed by atoms with Gasteiger partial charge in [-0.2, -0.15) is 0 Å². The van der Waals surface area contributed by atoms with E-state index in [1.54, 1.807) is 0 Å². The van der Waals surface area contributed by atoms with E-state index in [9.17, 15) is 0 Å². The van der Waals surface area contributed by atoms with Gasteiger partial charge in [0.2, 0.25) is 0 Å². The van der Waals surface area contributed by atoms with Gasteiger partial charge in [0.25, 0.3) is 0 Å². The minimum absolute atomic E-state index is 0.712. The average molecular weight is 312 g/mol. The number of nitrogens with one attached hydrogen (secondary N) is 1. The first kappa shape index (κ1) is 17.2. The molecule has 0 amide bonds. The van der Waals surface area contributed by atoms with Crippen LogP contribution in [0, 0.1) is 13.8 Å². The topological polar surface area (TPSA) is 47.3 Å². The summed E-state index contributed by atoms with van der Waals surface area (Å²) in [6.07, 6.45) is 3.07. The Hall–Kier alpha value is -2.16. The predicted octanol–water partition coefficient (Wildman–Crippen LogP) is 4.72. The third kappa shape index (κ3) is 5.20. The molecule has 0 saturated heterocycles. The summed E-state index contributed by atoms with van der Waals surface area (Å²) in [5.41, 5.74) is 11.9. The van der Waals surface area contributed by atoms with Gasteiger partial charge >= 0.3 is 0 Å². The molecule has 0 aliphatic carbocycles. The number of benzene rings is 2. The standard InChI is InChI=1S/C20H28N2O/c1-4-12-23-20-10-8-17(14-19(20)21)6-5-11-22-18-9-7-15(2)16(3)13-18/h7-10,13-14,22H,4-6,11-12,21H2,1-3H3. The summed E-state index contributed by atoms with van der Waals surface area (Å²) in [5, 5.41) is 3.48. The van der Waals surface area contributed by atoms with E-state index in [2.05, 4.69) is 50.4 Å². The van der Waals surface area contributed by atoms with Crippen molar-refractivity contribution in [2.45, 2.75) is 40.0 Å².